The molecule has 20 heavy (non-hydrogen) atoms. The van der Waals surface area contributed by atoms with E-state index in [4.69, 9.17) is 14.2 Å². The Kier molecular flexibility index (Phi) is 6.15. The molecule has 1 aromatic rings. The SMILES string of the molecule is COCCNCc1ccc(OCCC2CC2)c(OC)c1. The van der Waals surface area contributed by atoms with E-state index in [1.807, 2.05) is 12.1 Å². The highest BCUT2D eigenvalue weighted by molar-refractivity contribution is 5.42. The van der Waals surface area contributed by atoms with Crippen molar-refractivity contribution in [3.63, 3.8) is 0 Å². The van der Waals surface area contributed by atoms with Gasteiger partial charge in [-0.25, -0.2) is 0 Å². The van der Waals surface area contributed by atoms with Gasteiger partial charge in [0.1, 0.15) is 0 Å². The third-order valence-corrected chi connectivity index (χ3v) is 3.52. The van der Waals surface area contributed by atoms with Gasteiger partial charge in [-0.2, -0.15) is 0 Å². The molecule has 1 aromatic carbocycles. The van der Waals surface area contributed by atoms with Crippen LogP contribution in [0.4, 0.5) is 0 Å². The molecule has 1 saturated carbocycles. The molecule has 2 rings (SSSR count). The second-order valence-electron chi connectivity index (χ2n) is 5.24. The van der Waals surface area contributed by atoms with Gasteiger partial charge >= 0.3 is 0 Å². The first-order valence-corrected chi connectivity index (χ1v) is 7.33. The lowest BCUT2D eigenvalue weighted by molar-refractivity contribution is 0.199. The molecule has 0 spiro atoms. The normalized spacial score (nSPS) is 14.3. The number of ether oxygens (including phenoxy) is 3. The van der Waals surface area contributed by atoms with E-state index in [0.717, 1.165) is 50.1 Å². The highest BCUT2D eigenvalue weighted by Gasteiger charge is 2.20. The number of benzene rings is 1. The fraction of sp³-hybridized carbons (Fsp3) is 0.625. The standard InChI is InChI=1S/C16H25NO3/c1-18-10-8-17-12-14-5-6-15(16(11-14)19-2)20-9-7-13-3-4-13/h5-6,11,13,17H,3-4,7-10,12H2,1-2H3. The summed E-state index contributed by atoms with van der Waals surface area (Å²) in [4.78, 5) is 0. The van der Waals surface area contributed by atoms with Crippen LogP contribution in [0, 0.1) is 5.92 Å². The zero-order chi connectivity index (χ0) is 14.2. The molecule has 0 aromatic heterocycles. The fourth-order valence-corrected chi connectivity index (χ4v) is 2.09. The van der Waals surface area contributed by atoms with E-state index in [-0.39, 0.29) is 0 Å². The maximum Gasteiger partial charge on any atom is 0.161 e. The van der Waals surface area contributed by atoms with Gasteiger partial charge in [-0.15, -0.1) is 0 Å². The van der Waals surface area contributed by atoms with Gasteiger partial charge in [-0.05, 0) is 30.0 Å². The Balaban J connectivity index is 1.82. The minimum atomic E-state index is 0.722. The van der Waals surface area contributed by atoms with Crippen LogP contribution in [0.25, 0.3) is 0 Å². The Morgan fingerprint density at radius 3 is 2.70 bits per heavy atom. The molecule has 1 fully saturated rings. The largest absolute Gasteiger partial charge is 0.493 e. The summed E-state index contributed by atoms with van der Waals surface area (Å²) in [6.45, 7) is 3.16. The molecule has 4 nitrogen and oxygen atoms in total. The third-order valence-electron chi connectivity index (χ3n) is 3.52. The predicted octanol–water partition coefficient (Wildman–Crippen LogP) is 2.61. The van der Waals surface area contributed by atoms with Gasteiger partial charge in [-0.1, -0.05) is 18.9 Å². The molecule has 0 bridgehead atoms. The van der Waals surface area contributed by atoms with Crippen LogP contribution < -0.4 is 14.8 Å². The molecule has 0 radical (unpaired) electrons. The number of hydrogen-bond donors (Lipinski definition) is 1. The minimum Gasteiger partial charge on any atom is -0.493 e. The van der Waals surface area contributed by atoms with Crippen molar-refractivity contribution >= 4 is 0 Å². The van der Waals surface area contributed by atoms with E-state index in [2.05, 4.69) is 11.4 Å². The Morgan fingerprint density at radius 1 is 1.15 bits per heavy atom. The number of methoxy groups -OCH3 is 2. The number of hydrogen-bond acceptors (Lipinski definition) is 4. The molecule has 0 atom stereocenters. The van der Waals surface area contributed by atoms with Crippen LogP contribution in [-0.4, -0.2) is 34.0 Å². The number of rotatable bonds is 10. The van der Waals surface area contributed by atoms with Gasteiger partial charge in [0.2, 0.25) is 0 Å². The van der Waals surface area contributed by atoms with E-state index in [0.29, 0.717) is 0 Å². The van der Waals surface area contributed by atoms with Crippen molar-refractivity contribution in [3.05, 3.63) is 23.8 Å². The fourth-order valence-electron chi connectivity index (χ4n) is 2.09. The van der Waals surface area contributed by atoms with Crippen LogP contribution in [0.15, 0.2) is 18.2 Å². The first-order chi connectivity index (χ1) is 9.83. The maximum atomic E-state index is 5.81. The van der Waals surface area contributed by atoms with Gasteiger partial charge < -0.3 is 19.5 Å². The molecule has 0 amide bonds. The van der Waals surface area contributed by atoms with Crippen LogP contribution in [0.3, 0.4) is 0 Å². The highest BCUT2D eigenvalue weighted by atomic mass is 16.5. The lowest BCUT2D eigenvalue weighted by atomic mass is 10.2. The molecule has 0 heterocycles. The molecule has 1 aliphatic rings. The molecule has 0 saturated heterocycles. The van der Waals surface area contributed by atoms with E-state index < -0.39 is 0 Å². The van der Waals surface area contributed by atoms with Crippen LogP contribution in [-0.2, 0) is 11.3 Å². The summed E-state index contributed by atoms with van der Waals surface area (Å²) in [5, 5.41) is 3.32. The lowest BCUT2D eigenvalue weighted by Crippen LogP contribution is -2.18. The third kappa shape index (κ3) is 5.02. The molecule has 1 aliphatic carbocycles. The summed E-state index contributed by atoms with van der Waals surface area (Å²) in [7, 11) is 3.39. The minimum absolute atomic E-state index is 0.722. The van der Waals surface area contributed by atoms with Crippen molar-refractivity contribution in [2.75, 3.05) is 34.0 Å². The molecule has 1 N–H and O–H groups in total. The molecule has 112 valence electrons. The maximum absolute atomic E-state index is 5.81. The average Bonchev–Trinajstić information content (AvgIpc) is 3.29. The number of nitrogens with one attached hydrogen (secondary N) is 1. The Morgan fingerprint density at radius 2 is 2.00 bits per heavy atom. The summed E-state index contributed by atoms with van der Waals surface area (Å²) in [6, 6.07) is 6.11. The predicted molar refractivity (Wildman–Crippen MR) is 79.4 cm³/mol. The second-order valence-corrected chi connectivity index (χ2v) is 5.24. The monoisotopic (exact) mass is 279 g/mol. The molecule has 0 unspecified atom stereocenters. The topological polar surface area (TPSA) is 39.7 Å². The zero-order valence-electron chi connectivity index (χ0n) is 12.5. The van der Waals surface area contributed by atoms with Gasteiger partial charge in [0.25, 0.3) is 0 Å². The summed E-state index contributed by atoms with van der Waals surface area (Å²) in [6.07, 6.45) is 3.89. The Labute approximate surface area is 121 Å². The van der Waals surface area contributed by atoms with Crippen molar-refractivity contribution in [1.29, 1.82) is 0 Å². The lowest BCUT2D eigenvalue weighted by Gasteiger charge is -2.12. The van der Waals surface area contributed by atoms with Crippen molar-refractivity contribution in [3.8, 4) is 11.5 Å². The van der Waals surface area contributed by atoms with Gasteiger partial charge in [-0.3, -0.25) is 0 Å². The summed E-state index contributed by atoms with van der Waals surface area (Å²) < 4.78 is 16.2. The quantitative estimate of drug-likeness (QED) is 0.668. The van der Waals surface area contributed by atoms with Crippen LogP contribution in [0.2, 0.25) is 0 Å². The second kappa shape index (κ2) is 8.12. The van der Waals surface area contributed by atoms with Crippen molar-refractivity contribution in [1.82, 2.24) is 5.32 Å². The Hall–Kier alpha value is -1.26. The van der Waals surface area contributed by atoms with E-state index >= 15 is 0 Å². The summed E-state index contributed by atoms with van der Waals surface area (Å²) in [5.41, 5.74) is 1.19. The van der Waals surface area contributed by atoms with Crippen molar-refractivity contribution in [2.45, 2.75) is 25.8 Å². The molecule has 0 aliphatic heterocycles. The van der Waals surface area contributed by atoms with Gasteiger partial charge in [0.05, 0.1) is 20.3 Å². The van der Waals surface area contributed by atoms with E-state index in [1.54, 1.807) is 14.2 Å². The molecular weight excluding hydrogens is 254 g/mol. The highest BCUT2D eigenvalue weighted by Crippen LogP contribution is 2.33. The summed E-state index contributed by atoms with van der Waals surface area (Å²) >= 11 is 0. The Bertz CT molecular complexity index is 405. The van der Waals surface area contributed by atoms with Crippen molar-refractivity contribution in [2.24, 2.45) is 5.92 Å². The summed E-state index contributed by atoms with van der Waals surface area (Å²) in [5.74, 6) is 2.55. The van der Waals surface area contributed by atoms with Crippen molar-refractivity contribution < 1.29 is 14.2 Å². The van der Waals surface area contributed by atoms with Crippen LogP contribution >= 0.6 is 0 Å². The smallest absolute Gasteiger partial charge is 0.161 e. The van der Waals surface area contributed by atoms with Gasteiger partial charge in [0.15, 0.2) is 11.5 Å². The van der Waals surface area contributed by atoms with Crippen LogP contribution in [0.5, 0.6) is 11.5 Å². The van der Waals surface area contributed by atoms with E-state index in [1.165, 1.54) is 18.4 Å². The zero-order valence-corrected chi connectivity index (χ0v) is 12.5. The van der Waals surface area contributed by atoms with E-state index in [9.17, 15) is 0 Å². The average molecular weight is 279 g/mol. The molecular formula is C16H25NO3. The van der Waals surface area contributed by atoms with Crippen LogP contribution in [0.1, 0.15) is 24.8 Å². The molecule has 4 heteroatoms. The first kappa shape index (κ1) is 15.1. The van der Waals surface area contributed by atoms with Gasteiger partial charge in [0, 0.05) is 20.2 Å². The first-order valence-electron chi connectivity index (χ1n) is 7.33.